The summed E-state index contributed by atoms with van der Waals surface area (Å²) in [6.07, 6.45) is 1.92. The quantitative estimate of drug-likeness (QED) is 0.672. The first-order valence-corrected chi connectivity index (χ1v) is 8.17. The number of carboxylic acid groups (broad SMARTS) is 1. The number of hydrogen-bond acceptors (Lipinski definition) is 4. The Kier molecular flexibility index (Phi) is 5.50. The molecular formula is C20H16FN3O4. The van der Waals surface area contributed by atoms with Crippen LogP contribution in [0.4, 0.5) is 14.9 Å². The van der Waals surface area contributed by atoms with E-state index in [1.807, 2.05) is 12.1 Å². The smallest absolute Gasteiger partial charge is 0.431 e. The topological polar surface area (TPSA) is 91.8 Å². The molecule has 0 aliphatic carbocycles. The SMILES string of the molecule is COc1ccc(C(=O)NN(C(=O)O)c2ccc(-c3ccncc3)cc2)cc1F. The zero-order valence-electron chi connectivity index (χ0n) is 14.8. The summed E-state index contributed by atoms with van der Waals surface area (Å²) in [6, 6.07) is 13.8. The van der Waals surface area contributed by atoms with Crippen molar-refractivity contribution in [2.24, 2.45) is 0 Å². The van der Waals surface area contributed by atoms with Gasteiger partial charge >= 0.3 is 6.09 Å². The van der Waals surface area contributed by atoms with E-state index in [1.165, 1.54) is 19.2 Å². The van der Waals surface area contributed by atoms with Crippen molar-refractivity contribution in [1.82, 2.24) is 10.4 Å². The van der Waals surface area contributed by atoms with Gasteiger partial charge in [-0.1, -0.05) is 12.1 Å². The van der Waals surface area contributed by atoms with E-state index in [2.05, 4.69) is 10.4 Å². The highest BCUT2D eigenvalue weighted by Crippen LogP contribution is 2.23. The van der Waals surface area contributed by atoms with Gasteiger partial charge < -0.3 is 9.84 Å². The summed E-state index contributed by atoms with van der Waals surface area (Å²) in [6.45, 7) is 0. The molecule has 1 heterocycles. The van der Waals surface area contributed by atoms with Gasteiger partial charge in [0.25, 0.3) is 5.91 Å². The highest BCUT2D eigenvalue weighted by Gasteiger charge is 2.19. The van der Waals surface area contributed by atoms with E-state index < -0.39 is 17.8 Å². The summed E-state index contributed by atoms with van der Waals surface area (Å²) in [5.74, 6) is -1.51. The minimum atomic E-state index is -1.39. The second-order valence-electron chi connectivity index (χ2n) is 5.69. The molecule has 0 saturated heterocycles. The van der Waals surface area contributed by atoms with Crippen molar-refractivity contribution in [3.8, 4) is 16.9 Å². The van der Waals surface area contributed by atoms with Crippen LogP contribution in [-0.4, -0.2) is 29.2 Å². The maximum atomic E-state index is 13.8. The second-order valence-corrected chi connectivity index (χ2v) is 5.69. The number of nitrogens with one attached hydrogen (secondary N) is 1. The Hall–Kier alpha value is -3.94. The number of hydrogen-bond donors (Lipinski definition) is 2. The van der Waals surface area contributed by atoms with Crippen LogP contribution in [0.15, 0.2) is 67.0 Å². The van der Waals surface area contributed by atoms with Crippen molar-refractivity contribution in [1.29, 1.82) is 0 Å². The van der Waals surface area contributed by atoms with E-state index in [0.717, 1.165) is 17.2 Å². The molecule has 1 aromatic heterocycles. The van der Waals surface area contributed by atoms with Crippen molar-refractivity contribution < 1.29 is 23.8 Å². The van der Waals surface area contributed by atoms with E-state index in [4.69, 9.17) is 4.74 Å². The van der Waals surface area contributed by atoms with Crippen molar-refractivity contribution in [2.75, 3.05) is 12.1 Å². The molecule has 3 aromatic rings. The monoisotopic (exact) mass is 381 g/mol. The zero-order chi connectivity index (χ0) is 20.1. The fourth-order valence-electron chi connectivity index (χ4n) is 2.54. The van der Waals surface area contributed by atoms with Crippen LogP contribution in [0.2, 0.25) is 0 Å². The fourth-order valence-corrected chi connectivity index (χ4v) is 2.54. The molecule has 7 nitrogen and oxygen atoms in total. The Bertz CT molecular complexity index is 994. The average Bonchev–Trinajstić information content (AvgIpc) is 2.72. The maximum Gasteiger partial charge on any atom is 0.431 e. The van der Waals surface area contributed by atoms with E-state index in [9.17, 15) is 19.1 Å². The molecule has 0 bridgehead atoms. The van der Waals surface area contributed by atoms with Gasteiger partial charge in [0.2, 0.25) is 0 Å². The predicted octanol–water partition coefficient (Wildman–Crippen LogP) is 3.73. The van der Waals surface area contributed by atoms with Gasteiger partial charge in [0.1, 0.15) is 0 Å². The Morgan fingerprint density at radius 1 is 1.04 bits per heavy atom. The van der Waals surface area contributed by atoms with Gasteiger partial charge in [-0.3, -0.25) is 15.2 Å². The predicted molar refractivity (Wildman–Crippen MR) is 101 cm³/mol. The molecule has 0 aliphatic heterocycles. The lowest BCUT2D eigenvalue weighted by Gasteiger charge is -2.20. The first kappa shape index (κ1) is 18.8. The number of benzene rings is 2. The average molecular weight is 381 g/mol. The molecule has 0 aliphatic rings. The van der Waals surface area contributed by atoms with Crippen LogP contribution < -0.4 is 15.2 Å². The lowest BCUT2D eigenvalue weighted by molar-refractivity contribution is 0.0944. The Morgan fingerprint density at radius 3 is 2.25 bits per heavy atom. The van der Waals surface area contributed by atoms with Crippen molar-refractivity contribution >= 4 is 17.7 Å². The molecular weight excluding hydrogens is 365 g/mol. The van der Waals surface area contributed by atoms with Gasteiger partial charge in [-0.2, -0.15) is 5.01 Å². The van der Waals surface area contributed by atoms with Crippen LogP contribution >= 0.6 is 0 Å². The summed E-state index contributed by atoms with van der Waals surface area (Å²) in [5.41, 5.74) is 4.21. The Labute approximate surface area is 160 Å². The fraction of sp³-hybridized carbons (Fsp3) is 0.0500. The molecule has 28 heavy (non-hydrogen) atoms. The van der Waals surface area contributed by atoms with Gasteiger partial charge in [-0.25, -0.2) is 9.18 Å². The Balaban J connectivity index is 1.81. The van der Waals surface area contributed by atoms with Crippen molar-refractivity contribution in [2.45, 2.75) is 0 Å². The number of halogens is 1. The molecule has 2 amide bonds. The summed E-state index contributed by atoms with van der Waals surface area (Å²) in [4.78, 5) is 27.9. The summed E-state index contributed by atoms with van der Waals surface area (Å²) < 4.78 is 18.6. The third-order valence-corrected chi connectivity index (χ3v) is 3.96. The van der Waals surface area contributed by atoms with Crippen LogP contribution in [0.1, 0.15) is 10.4 Å². The van der Waals surface area contributed by atoms with Gasteiger partial charge in [-0.05, 0) is 53.6 Å². The van der Waals surface area contributed by atoms with Crippen LogP contribution in [0.3, 0.4) is 0 Å². The first-order valence-electron chi connectivity index (χ1n) is 8.17. The molecule has 2 N–H and O–H groups in total. The van der Waals surface area contributed by atoms with Crippen LogP contribution in [-0.2, 0) is 0 Å². The molecule has 8 heteroatoms. The highest BCUT2D eigenvalue weighted by molar-refractivity contribution is 5.99. The van der Waals surface area contributed by atoms with Crippen LogP contribution in [0.5, 0.6) is 5.75 Å². The number of amides is 2. The number of anilines is 1. The third-order valence-electron chi connectivity index (χ3n) is 3.96. The molecule has 0 fully saturated rings. The summed E-state index contributed by atoms with van der Waals surface area (Å²) in [5, 5.41) is 10.1. The largest absolute Gasteiger partial charge is 0.494 e. The van der Waals surface area contributed by atoms with Crippen molar-refractivity contribution in [3.05, 3.63) is 78.4 Å². The highest BCUT2D eigenvalue weighted by atomic mass is 19.1. The molecule has 0 radical (unpaired) electrons. The minimum absolute atomic E-state index is 0.0154. The zero-order valence-corrected chi connectivity index (χ0v) is 14.8. The first-order chi connectivity index (χ1) is 13.5. The molecule has 0 spiro atoms. The summed E-state index contributed by atoms with van der Waals surface area (Å²) >= 11 is 0. The van der Waals surface area contributed by atoms with Crippen molar-refractivity contribution in [3.63, 3.8) is 0 Å². The van der Waals surface area contributed by atoms with Crippen LogP contribution in [0, 0.1) is 5.82 Å². The number of aromatic nitrogens is 1. The van der Waals surface area contributed by atoms with Gasteiger partial charge in [0.15, 0.2) is 11.6 Å². The van der Waals surface area contributed by atoms with E-state index >= 15 is 0 Å². The standard InChI is InChI=1S/C20H16FN3O4/c1-28-18-7-4-15(12-17(18)21)19(25)23-24(20(26)27)16-5-2-13(3-6-16)14-8-10-22-11-9-14/h2-12H,1H3,(H,23,25)(H,26,27). The van der Waals surface area contributed by atoms with Gasteiger partial charge in [0.05, 0.1) is 12.8 Å². The van der Waals surface area contributed by atoms with Gasteiger partial charge in [0, 0.05) is 18.0 Å². The normalized spacial score (nSPS) is 10.2. The molecule has 0 unspecified atom stereocenters. The lowest BCUT2D eigenvalue weighted by Crippen LogP contribution is -2.45. The molecule has 0 atom stereocenters. The molecule has 142 valence electrons. The summed E-state index contributed by atoms with van der Waals surface area (Å²) in [7, 11) is 1.31. The molecule has 2 aromatic carbocycles. The number of nitrogens with zero attached hydrogens (tertiary/aromatic N) is 2. The second kappa shape index (κ2) is 8.17. The number of methoxy groups -OCH3 is 1. The molecule has 0 saturated carbocycles. The number of pyridine rings is 1. The van der Waals surface area contributed by atoms with Crippen LogP contribution in [0.25, 0.3) is 11.1 Å². The number of carbonyl (C=O) groups is 2. The maximum absolute atomic E-state index is 13.8. The van der Waals surface area contributed by atoms with E-state index in [0.29, 0.717) is 5.01 Å². The van der Waals surface area contributed by atoms with Gasteiger partial charge in [-0.15, -0.1) is 0 Å². The number of rotatable bonds is 4. The number of carbonyl (C=O) groups excluding carboxylic acids is 1. The lowest BCUT2D eigenvalue weighted by atomic mass is 10.1. The van der Waals surface area contributed by atoms with E-state index in [-0.39, 0.29) is 17.0 Å². The Morgan fingerprint density at radius 2 is 1.68 bits per heavy atom. The number of hydrazine groups is 1. The molecule has 3 rings (SSSR count). The van der Waals surface area contributed by atoms with E-state index in [1.54, 1.807) is 36.7 Å². The number of ether oxygens (including phenoxy) is 1. The third kappa shape index (κ3) is 4.07. The minimum Gasteiger partial charge on any atom is -0.494 e.